The fourth-order valence-corrected chi connectivity index (χ4v) is 7.90. The van der Waals surface area contributed by atoms with Crippen molar-refractivity contribution in [3.8, 4) is 0 Å². The Balaban J connectivity index is 1.71. The monoisotopic (exact) mass is 445 g/mol. The van der Waals surface area contributed by atoms with E-state index >= 15 is 0 Å². The van der Waals surface area contributed by atoms with Gasteiger partial charge in [0.1, 0.15) is 9.88 Å². The Labute approximate surface area is 188 Å². The number of unbranched alkanes of at least 4 members (excludes halogenated alkanes) is 1. The predicted molar refractivity (Wildman–Crippen MR) is 129 cm³/mol. The molecule has 0 saturated carbocycles. The number of carbonyl (C=O) groups is 1. The lowest BCUT2D eigenvalue weighted by atomic mass is 9.88. The number of aromatic nitrogens is 1. The van der Waals surface area contributed by atoms with Crippen molar-refractivity contribution in [2.45, 2.75) is 83.6 Å². The molecule has 164 valence electrons. The number of rotatable bonds is 6. The summed E-state index contributed by atoms with van der Waals surface area (Å²) in [7, 11) is 0. The van der Waals surface area contributed by atoms with Crippen LogP contribution in [-0.2, 0) is 4.79 Å². The normalized spacial score (nSPS) is 28.7. The van der Waals surface area contributed by atoms with Crippen LogP contribution in [0.2, 0.25) is 0 Å². The second-order valence-corrected chi connectivity index (χ2v) is 12.0. The first-order valence-electron chi connectivity index (χ1n) is 11.5. The zero-order valence-corrected chi connectivity index (χ0v) is 20.6. The molecule has 1 aromatic rings. The summed E-state index contributed by atoms with van der Waals surface area (Å²) in [5.41, 5.74) is 1.51. The average molecular weight is 446 g/mol. The van der Waals surface area contributed by atoms with Crippen molar-refractivity contribution < 1.29 is 4.79 Å². The Morgan fingerprint density at radius 3 is 2.97 bits per heavy atom. The van der Waals surface area contributed by atoms with Crippen LogP contribution in [0.15, 0.2) is 10.5 Å². The predicted octanol–water partition coefficient (Wildman–Crippen LogP) is 3.97. The minimum atomic E-state index is -0.353. The molecule has 1 aliphatic carbocycles. The lowest BCUT2D eigenvalue weighted by Crippen LogP contribution is -2.46. The summed E-state index contributed by atoms with van der Waals surface area (Å²) in [4.78, 5) is 21.5. The molecule has 0 saturated heterocycles. The van der Waals surface area contributed by atoms with Crippen LogP contribution >= 0.6 is 23.1 Å². The fourth-order valence-electron chi connectivity index (χ4n) is 4.79. The maximum Gasteiger partial charge on any atom is 0.221 e. The molecular formula is C24H35N3OS2. The molecular weight excluding hydrogens is 410 g/mol. The van der Waals surface area contributed by atoms with Crippen molar-refractivity contribution in [2.75, 3.05) is 13.1 Å². The maximum absolute atomic E-state index is 12.8. The van der Waals surface area contributed by atoms with E-state index in [1.807, 2.05) is 23.1 Å². The highest BCUT2D eigenvalue weighted by molar-refractivity contribution is 8.04. The number of hydrogen-bond donors (Lipinski definition) is 1. The second kappa shape index (κ2) is 8.79. The van der Waals surface area contributed by atoms with Crippen LogP contribution in [0.3, 0.4) is 0 Å². The van der Waals surface area contributed by atoms with Gasteiger partial charge in [0.05, 0.1) is 15.8 Å². The molecule has 4 nitrogen and oxygen atoms in total. The first-order chi connectivity index (χ1) is 14.3. The van der Waals surface area contributed by atoms with Gasteiger partial charge in [0.15, 0.2) is 0 Å². The van der Waals surface area contributed by atoms with Gasteiger partial charge in [-0.25, -0.2) is 4.98 Å². The Morgan fingerprint density at radius 1 is 1.43 bits per heavy atom. The number of nitrogens with one attached hydrogen (secondary N) is 1. The van der Waals surface area contributed by atoms with E-state index in [2.05, 4.69) is 57.0 Å². The van der Waals surface area contributed by atoms with E-state index < -0.39 is 0 Å². The quantitative estimate of drug-likeness (QED) is 0.720. The van der Waals surface area contributed by atoms with Crippen molar-refractivity contribution in [3.63, 3.8) is 0 Å². The van der Waals surface area contributed by atoms with Crippen molar-refractivity contribution in [1.82, 2.24) is 15.2 Å². The molecule has 30 heavy (non-hydrogen) atoms. The van der Waals surface area contributed by atoms with Gasteiger partial charge in [-0.05, 0) is 51.5 Å². The van der Waals surface area contributed by atoms with Crippen LogP contribution in [0.4, 0.5) is 0 Å². The van der Waals surface area contributed by atoms with Crippen LogP contribution in [0.1, 0.15) is 77.6 Å². The van der Waals surface area contributed by atoms with E-state index in [4.69, 9.17) is 4.98 Å². The zero-order chi connectivity index (χ0) is 21.5. The minimum absolute atomic E-state index is 0.171. The first kappa shape index (κ1) is 22.1. The molecule has 0 aromatic carbocycles. The third kappa shape index (κ3) is 4.28. The molecule has 3 atom stereocenters. The Kier molecular flexibility index (Phi) is 6.48. The molecule has 3 unspecified atom stereocenters. The van der Waals surface area contributed by atoms with Gasteiger partial charge in [-0.2, -0.15) is 0 Å². The van der Waals surface area contributed by atoms with Gasteiger partial charge in [0.25, 0.3) is 0 Å². The van der Waals surface area contributed by atoms with Gasteiger partial charge >= 0.3 is 0 Å². The highest BCUT2D eigenvalue weighted by atomic mass is 32.2. The van der Waals surface area contributed by atoms with E-state index in [0.29, 0.717) is 18.4 Å². The van der Waals surface area contributed by atoms with Gasteiger partial charge in [-0.15, -0.1) is 23.1 Å². The molecule has 6 heteroatoms. The Morgan fingerprint density at radius 2 is 2.23 bits per heavy atom. The van der Waals surface area contributed by atoms with E-state index in [1.54, 1.807) is 0 Å². The topological polar surface area (TPSA) is 45.2 Å². The second-order valence-electron chi connectivity index (χ2n) is 9.44. The molecule has 0 bridgehead atoms. The number of amides is 1. The first-order valence-corrected chi connectivity index (χ1v) is 13.1. The SMILES string of the molecule is CCCCC(=O)NC1(C)SC2=C(CCN(C(C)C)C2)C1c1nc2c(s1)=CC(C)CC=2. The summed E-state index contributed by atoms with van der Waals surface area (Å²) < 4.78 is 1.31. The van der Waals surface area contributed by atoms with Gasteiger partial charge in [0, 0.05) is 30.5 Å². The summed E-state index contributed by atoms with van der Waals surface area (Å²) in [6.07, 6.45) is 9.39. The van der Waals surface area contributed by atoms with Gasteiger partial charge in [-0.1, -0.05) is 32.4 Å². The molecule has 0 spiro atoms. The van der Waals surface area contributed by atoms with Gasteiger partial charge in [0.2, 0.25) is 5.91 Å². The molecule has 4 rings (SSSR count). The number of fused-ring (bicyclic) bond motifs is 1. The van der Waals surface area contributed by atoms with Crippen molar-refractivity contribution in [2.24, 2.45) is 5.92 Å². The van der Waals surface area contributed by atoms with E-state index in [1.165, 1.54) is 20.0 Å². The number of thioether (sulfide) groups is 1. The van der Waals surface area contributed by atoms with Crippen molar-refractivity contribution >= 4 is 41.2 Å². The average Bonchev–Trinajstić information content (AvgIpc) is 3.21. The maximum atomic E-state index is 12.8. The molecule has 0 fully saturated rings. The fraction of sp³-hybridized carbons (Fsp3) is 0.667. The van der Waals surface area contributed by atoms with E-state index in [9.17, 15) is 4.79 Å². The summed E-state index contributed by atoms with van der Waals surface area (Å²) in [5.74, 6) is 0.920. The zero-order valence-electron chi connectivity index (χ0n) is 19.0. The van der Waals surface area contributed by atoms with Crippen molar-refractivity contribution in [1.29, 1.82) is 0 Å². The molecule has 0 radical (unpaired) electrons. The molecule has 3 aliphatic rings. The Hall–Kier alpha value is -1.11. The molecule has 1 amide bonds. The summed E-state index contributed by atoms with van der Waals surface area (Å²) in [5, 5.41) is 5.76. The highest BCUT2D eigenvalue weighted by Crippen LogP contribution is 2.56. The summed E-state index contributed by atoms with van der Waals surface area (Å²) >= 11 is 3.72. The molecule has 2 aliphatic heterocycles. The number of hydrogen-bond acceptors (Lipinski definition) is 5. The van der Waals surface area contributed by atoms with Crippen molar-refractivity contribution in [3.05, 3.63) is 25.4 Å². The van der Waals surface area contributed by atoms with E-state index in [-0.39, 0.29) is 16.7 Å². The minimum Gasteiger partial charge on any atom is -0.341 e. The van der Waals surface area contributed by atoms with Crippen LogP contribution in [0.25, 0.3) is 12.2 Å². The van der Waals surface area contributed by atoms with Gasteiger partial charge < -0.3 is 5.32 Å². The smallest absolute Gasteiger partial charge is 0.221 e. The molecule has 3 heterocycles. The van der Waals surface area contributed by atoms with E-state index in [0.717, 1.165) is 44.1 Å². The molecule has 1 aromatic heterocycles. The summed E-state index contributed by atoms with van der Waals surface area (Å²) in [6.45, 7) is 13.3. The molecule has 1 N–H and O–H groups in total. The highest BCUT2D eigenvalue weighted by Gasteiger charge is 2.49. The number of thiazole rings is 1. The standard InChI is InChI=1S/C24H35N3OS2/c1-6-7-8-21(28)26-24(5)22(17-11-12-27(15(2)3)14-20(17)30-24)23-25-18-10-9-16(4)13-19(18)29-23/h10,13,15-16,22H,6-9,11-12,14H2,1-5H3,(H,26,28). The van der Waals surface area contributed by atoms with Gasteiger partial charge in [-0.3, -0.25) is 9.69 Å². The lowest BCUT2D eigenvalue weighted by molar-refractivity contribution is -0.122. The third-order valence-electron chi connectivity index (χ3n) is 6.55. The van der Waals surface area contributed by atoms with Crippen LogP contribution < -0.4 is 15.2 Å². The Bertz CT molecular complexity index is 964. The largest absolute Gasteiger partial charge is 0.341 e. The van der Waals surface area contributed by atoms with Crippen LogP contribution in [0, 0.1) is 5.92 Å². The summed E-state index contributed by atoms with van der Waals surface area (Å²) in [6, 6.07) is 0.543. The number of nitrogens with zero attached hydrogens (tertiary/aromatic N) is 2. The third-order valence-corrected chi connectivity index (χ3v) is 9.05. The number of carbonyl (C=O) groups excluding carboxylic acids is 1. The van der Waals surface area contributed by atoms with Crippen LogP contribution in [0.5, 0.6) is 0 Å². The van der Waals surface area contributed by atoms with Crippen LogP contribution in [-0.4, -0.2) is 39.8 Å². The lowest BCUT2D eigenvalue weighted by Gasteiger charge is -2.33.